The van der Waals surface area contributed by atoms with Crippen LogP contribution in [0.25, 0.3) is 6.08 Å². The standard InChI is InChI=1S/C32H38O8/c1-20(33)38-23-16-18-30(4,36)32-26(34)24(29(2,3)40-32)25(37-19-17-21-12-8-6-9-13-21)27(31(23,32)5)39-28(35)22-14-10-7-11-15-22/h6-15,17,19,23-27,34,36H,16,18H2,1-5H3. The van der Waals surface area contributed by atoms with Gasteiger partial charge in [-0.1, -0.05) is 48.5 Å². The molecule has 2 N–H and O–H groups in total. The van der Waals surface area contributed by atoms with Gasteiger partial charge in [0.05, 0.1) is 40.5 Å². The summed E-state index contributed by atoms with van der Waals surface area (Å²) < 4.78 is 25.3. The van der Waals surface area contributed by atoms with Crippen molar-refractivity contribution in [2.75, 3.05) is 0 Å². The summed E-state index contributed by atoms with van der Waals surface area (Å²) in [7, 11) is 0. The molecule has 0 aromatic heterocycles. The van der Waals surface area contributed by atoms with Crippen molar-refractivity contribution in [3.8, 4) is 0 Å². The first kappa shape index (κ1) is 28.3. The fourth-order valence-corrected chi connectivity index (χ4v) is 7.51. The summed E-state index contributed by atoms with van der Waals surface area (Å²) in [6.07, 6.45) is -0.220. The minimum absolute atomic E-state index is 0.208. The molecule has 2 bridgehead atoms. The lowest BCUT2D eigenvalue weighted by molar-refractivity contribution is -0.335. The first-order chi connectivity index (χ1) is 18.8. The Kier molecular flexibility index (Phi) is 7.09. The fraction of sp³-hybridized carbons (Fsp3) is 0.500. The van der Waals surface area contributed by atoms with E-state index in [9.17, 15) is 19.8 Å². The van der Waals surface area contributed by atoms with Crippen LogP contribution in [0.2, 0.25) is 0 Å². The van der Waals surface area contributed by atoms with Crippen molar-refractivity contribution in [1.29, 1.82) is 0 Å². The van der Waals surface area contributed by atoms with E-state index in [1.54, 1.807) is 50.3 Å². The average molecular weight is 551 g/mol. The van der Waals surface area contributed by atoms with Gasteiger partial charge in [0.25, 0.3) is 0 Å². The lowest BCUT2D eigenvalue weighted by Crippen LogP contribution is -2.81. The van der Waals surface area contributed by atoms with Crippen LogP contribution in [0, 0.1) is 11.3 Å². The number of aliphatic hydroxyl groups excluding tert-OH is 1. The topological polar surface area (TPSA) is 112 Å². The first-order valence-electron chi connectivity index (χ1n) is 13.8. The van der Waals surface area contributed by atoms with Crippen LogP contribution in [0.3, 0.4) is 0 Å². The number of benzene rings is 2. The molecule has 40 heavy (non-hydrogen) atoms. The molecule has 8 nitrogen and oxygen atoms in total. The van der Waals surface area contributed by atoms with E-state index in [1.807, 2.05) is 44.2 Å². The van der Waals surface area contributed by atoms with Gasteiger partial charge in [-0.15, -0.1) is 0 Å². The van der Waals surface area contributed by atoms with Gasteiger partial charge in [-0.25, -0.2) is 4.79 Å². The number of esters is 2. The highest BCUT2D eigenvalue weighted by Crippen LogP contribution is 2.68. The molecule has 1 heterocycles. The van der Waals surface area contributed by atoms with Crippen molar-refractivity contribution in [3.05, 3.63) is 78.1 Å². The second-order valence-electron chi connectivity index (χ2n) is 12.1. The Labute approximate surface area is 234 Å². The van der Waals surface area contributed by atoms with E-state index in [0.29, 0.717) is 5.56 Å². The van der Waals surface area contributed by atoms with E-state index in [0.717, 1.165) is 5.56 Å². The van der Waals surface area contributed by atoms with E-state index < -0.39 is 64.5 Å². The summed E-state index contributed by atoms with van der Waals surface area (Å²) in [5.41, 5.74) is -4.31. The molecule has 2 aliphatic carbocycles. The Bertz CT molecular complexity index is 1270. The van der Waals surface area contributed by atoms with Crippen LogP contribution in [-0.2, 0) is 23.7 Å². The van der Waals surface area contributed by atoms with Gasteiger partial charge in [0.15, 0.2) is 6.10 Å². The minimum Gasteiger partial charge on any atom is -0.494 e. The molecule has 1 spiro atoms. The summed E-state index contributed by atoms with van der Waals surface area (Å²) in [4.78, 5) is 25.9. The van der Waals surface area contributed by atoms with E-state index >= 15 is 0 Å². The number of carbonyl (C=O) groups excluding carboxylic acids is 2. The van der Waals surface area contributed by atoms with Crippen molar-refractivity contribution in [3.63, 3.8) is 0 Å². The first-order valence-corrected chi connectivity index (χ1v) is 13.8. The Balaban J connectivity index is 1.67. The summed E-state index contributed by atoms with van der Waals surface area (Å²) in [6.45, 7) is 8.37. The van der Waals surface area contributed by atoms with Gasteiger partial charge in [0, 0.05) is 6.92 Å². The summed E-state index contributed by atoms with van der Waals surface area (Å²) in [5, 5.41) is 24.0. The zero-order chi connectivity index (χ0) is 28.9. The Morgan fingerprint density at radius 2 is 1.60 bits per heavy atom. The quantitative estimate of drug-likeness (QED) is 0.405. The van der Waals surface area contributed by atoms with Crippen LogP contribution in [0.5, 0.6) is 0 Å². The number of carbonyl (C=O) groups is 2. The summed E-state index contributed by atoms with van der Waals surface area (Å²) >= 11 is 0. The highest BCUT2D eigenvalue weighted by atomic mass is 16.6. The van der Waals surface area contributed by atoms with Gasteiger partial charge in [-0.2, -0.15) is 0 Å². The van der Waals surface area contributed by atoms with E-state index in [4.69, 9.17) is 18.9 Å². The van der Waals surface area contributed by atoms with Gasteiger partial charge < -0.3 is 29.2 Å². The highest BCUT2D eigenvalue weighted by molar-refractivity contribution is 5.89. The van der Waals surface area contributed by atoms with Crippen LogP contribution in [0.1, 0.15) is 63.4 Å². The van der Waals surface area contributed by atoms with Gasteiger partial charge in [-0.05, 0) is 64.3 Å². The molecular formula is C32H38O8. The van der Waals surface area contributed by atoms with Crippen molar-refractivity contribution < 1.29 is 38.7 Å². The van der Waals surface area contributed by atoms with Crippen molar-refractivity contribution in [2.45, 2.75) is 88.7 Å². The molecule has 3 aliphatic rings. The predicted octanol–water partition coefficient (Wildman–Crippen LogP) is 4.29. The zero-order valence-corrected chi connectivity index (χ0v) is 23.6. The number of hydrogen-bond acceptors (Lipinski definition) is 8. The van der Waals surface area contributed by atoms with Crippen molar-refractivity contribution in [1.82, 2.24) is 0 Å². The smallest absolute Gasteiger partial charge is 0.338 e. The molecule has 5 rings (SSSR count). The van der Waals surface area contributed by atoms with Crippen LogP contribution in [0.15, 0.2) is 66.9 Å². The van der Waals surface area contributed by atoms with Crippen molar-refractivity contribution in [2.24, 2.45) is 11.3 Å². The van der Waals surface area contributed by atoms with Crippen LogP contribution in [0.4, 0.5) is 0 Å². The molecule has 8 atom stereocenters. The SMILES string of the molecule is CC(=O)OC1CCC(C)(O)C23OC(C)(C)C(C(OC=Cc4ccccc4)C(OC(=O)c4ccccc4)C12C)C3O. The third kappa shape index (κ3) is 4.24. The predicted molar refractivity (Wildman–Crippen MR) is 147 cm³/mol. The molecule has 1 saturated heterocycles. The molecular weight excluding hydrogens is 512 g/mol. The van der Waals surface area contributed by atoms with Crippen LogP contribution < -0.4 is 0 Å². The molecule has 0 radical (unpaired) electrons. The fourth-order valence-electron chi connectivity index (χ4n) is 7.51. The molecule has 2 saturated carbocycles. The highest BCUT2D eigenvalue weighted by Gasteiger charge is 2.84. The molecule has 3 fully saturated rings. The van der Waals surface area contributed by atoms with Gasteiger partial charge in [0.2, 0.25) is 0 Å². The van der Waals surface area contributed by atoms with Gasteiger partial charge in [-0.3, -0.25) is 4.79 Å². The molecule has 8 heteroatoms. The van der Waals surface area contributed by atoms with Crippen molar-refractivity contribution >= 4 is 18.0 Å². The largest absolute Gasteiger partial charge is 0.494 e. The van der Waals surface area contributed by atoms with E-state index in [-0.39, 0.29) is 12.8 Å². The maximum Gasteiger partial charge on any atom is 0.338 e. The second kappa shape index (κ2) is 10.0. The number of rotatable bonds is 6. The third-order valence-electron chi connectivity index (χ3n) is 9.24. The summed E-state index contributed by atoms with van der Waals surface area (Å²) in [6, 6.07) is 18.2. The zero-order valence-electron chi connectivity index (χ0n) is 23.6. The lowest BCUT2D eigenvalue weighted by atomic mass is 9.47. The summed E-state index contributed by atoms with van der Waals surface area (Å²) in [5.74, 6) is -1.81. The van der Waals surface area contributed by atoms with E-state index in [2.05, 4.69) is 0 Å². The average Bonchev–Trinajstić information content (AvgIpc) is 3.09. The maximum absolute atomic E-state index is 13.6. The lowest BCUT2D eigenvalue weighted by Gasteiger charge is -2.64. The molecule has 1 aliphatic heterocycles. The number of hydrogen-bond donors (Lipinski definition) is 2. The second-order valence-corrected chi connectivity index (χ2v) is 12.1. The maximum atomic E-state index is 13.6. The molecule has 8 unspecified atom stereocenters. The minimum atomic E-state index is -1.63. The molecule has 214 valence electrons. The normalized spacial score (nSPS) is 37.9. The van der Waals surface area contributed by atoms with Crippen LogP contribution >= 0.6 is 0 Å². The number of ether oxygens (including phenoxy) is 4. The third-order valence-corrected chi connectivity index (χ3v) is 9.24. The van der Waals surface area contributed by atoms with Crippen LogP contribution in [-0.4, -0.2) is 63.4 Å². The molecule has 2 aromatic rings. The molecule has 2 aromatic carbocycles. The Hall–Kier alpha value is -3.20. The Morgan fingerprint density at radius 1 is 0.975 bits per heavy atom. The van der Waals surface area contributed by atoms with E-state index in [1.165, 1.54) is 13.2 Å². The molecule has 0 amide bonds. The Morgan fingerprint density at radius 3 is 2.23 bits per heavy atom. The van der Waals surface area contributed by atoms with Gasteiger partial charge >= 0.3 is 11.9 Å². The number of fused-ring (bicyclic) bond motifs is 1. The number of aliphatic hydroxyl groups is 2. The van der Waals surface area contributed by atoms with Gasteiger partial charge in [0.1, 0.15) is 17.8 Å². The monoisotopic (exact) mass is 550 g/mol.